The predicted octanol–water partition coefficient (Wildman–Crippen LogP) is -0.318. The predicted molar refractivity (Wildman–Crippen MR) is 78.3 cm³/mol. The van der Waals surface area contributed by atoms with Crippen LogP contribution in [0.4, 0.5) is 11.5 Å². The summed E-state index contributed by atoms with van der Waals surface area (Å²) in [5.41, 5.74) is 7.28. The van der Waals surface area contributed by atoms with Gasteiger partial charge in [-0.25, -0.2) is 13.4 Å². The Bertz CT molecular complexity index is 797. The number of fused-ring (bicyclic) bond motifs is 1. The Balaban J connectivity index is 1.94. The molecule has 21 heavy (non-hydrogen) atoms. The molecule has 1 aromatic heterocycles. The quantitative estimate of drug-likeness (QED) is 0.670. The number of nitrogens with zero attached hydrogens (tertiary/aromatic N) is 1. The first kappa shape index (κ1) is 13.9. The molecule has 0 saturated heterocycles. The van der Waals surface area contributed by atoms with Crippen molar-refractivity contribution >= 4 is 34.1 Å². The summed E-state index contributed by atoms with van der Waals surface area (Å²) in [5, 5.41) is 9.64. The summed E-state index contributed by atoms with van der Waals surface area (Å²) < 4.78 is 32.0. The number of hydrogen-bond donors (Lipinski definition) is 3. The van der Waals surface area contributed by atoms with Gasteiger partial charge in [0, 0.05) is 11.9 Å². The third kappa shape index (κ3) is 2.58. The lowest BCUT2D eigenvalue weighted by Crippen LogP contribution is -2.28. The van der Waals surface area contributed by atoms with Crippen molar-refractivity contribution in [2.75, 3.05) is 10.5 Å². The Kier molecular flexibility index (Phi) is 3.32. The van der Waals surface area contributed by atoms with Crippen LogP contribution in [-0.2, 0) is 21.3 Å². The number of benzene rings is 1. The van der Waals surface area contributed by atoms with Gasteiger partial charge in [0.05, 0.1) is 6.61 Å². The standard InChI is InChI=1S/C12H12BN3O4S/c14-12-11(2-1-5-15-12)21(18,19)16-9-4-3-8-7-20-13(17)10(8)6-9/h1-6,16-17H,7H2,(H2,14,15). The van der Waals surface area contributed by atoms with Crippen molar-refractivity contribution in [3.63, 3.8) is 0 Å². The van der Waals surface area contributed by atoms with Crippen molar-refractivity contribution in [2.24, 2.45) is 0 Å². The molecule has 2 heterocycles. The highest BCUT2D eigenvalue weighted by Gasteiger charge is 2.28. The Labute approximate surface area is 122 Å². The maximum Gasteiger partial charge on any atom is 0.491 e. The summed E-state index contributed by atoms with van der Waals surface area (Å²) in [6.45, 7) is 0.305. The zero-order valence-corrected chi connectivity index (χ0v) is 11.7. The lowest BCUT2D eigenvalue weighted by molar-refractivity contribution is 0.275. The van der Waals surface area contributed by atoms with Gasteiger partial charge in [-0.1, -0.05) is 6.07 Å². The van der Waals surface area contributed by atoms with E-state index >= 15 is 0 Å². The normalized spacial score (nSPS) is 14.0. The van der Waals surface area contributed by atoms with E-state index in [2.05, 4.69) is 9.71 Å². The lowest BCUT2D eigenvalue weighted by Gasteiger charge is -2.10. The molecular formula is C12H12BN3O4S. The van der Waals surface area contributed by atoms with Gasteiger partial charge in [0.2, 0.25) is 0 Å². The molecule has 9 heteroatoms. The molecule has 108 valence electrons. The Hall–Kier alpha value is -2.10. The molecule has 1 aliphatic rings. The molecule has 0 saturated carbocycles. The van der Waals surface area contributed by atoms with E-state index in [-0.39, 0.29) is 10.7 Å². The first-order valence-electron chi connectivity index (χ1n) is 6.13. The van der Waals surface area contributed by atoms with Crippen molar-refractivity contribution in [1.82, 2.24) is 4.98 Å². The largest absolute Gasteiger partial charge is 0.491 e. The van der Waals surface area contributed by atoms with Gasteiger partial charge in [-0.05, 0) is 35.3 Å². The van der Waals surface area contributed by atoms with E-state index in [1.807, 2.05) is 0 Å². The summed E-state index contributed by atoms with van der Waals surface area (Å²) in [6, 6.07) is 7.71. The number of hydrogen-bond acceptors (Lipinski definition) is 6. The molecular weight excluding hydrogens is 293 g/mol. The minimum absolute atomic E-state index is 0.0745. The van der Waals surface area contributed by atoms with Gasteiger partial charge in [0.25, 0.3) is 10.0 Å². The Morgan fingerprint density at radius 3 is 2.95 bits per heavy atom. The minimum atomic E-state index is -3.84. The van der Waals surface area contributed by atoms with Crippen LogP contribution in [0.5, 0.6) is 0 Å². The zero-order valence-electron chi connectivity index (χ0n) is 10.9. The molecule has 1 aromatic carbocycles. The highest BCUT2D eigenvalue weighted by atomic mass is 32.2. The summed E-state index contributed by atoms with van der Waals surface area (Å²) in [7, 11) is -4.87. The number of sulfonamides is 1. The first-order chi connectivity index (χ1) is 9.97. The molecule has 2 aromatic rings. The SMILES string of the molecule is Nc1ncccc1S(=O)(=O)Nc1ccc2c(c1)B(O)OC2. The first-order valence-corrected chi connectivity index (χ1v) is 7.61. The summed E-state index contributed by atoms with van der Waals surface area (Å²) in [4.78, 5) is 3.66. The molecule has 4 N–H and O–H groups in total. The number of rotatable bonds is 3. The van der Waals surface area contributed by atoms with Crippen LogP contribution < -0.4 is 15.9 Å². The van der Waals surface area contributed by atoms with Crippen LogP contribution in [0.2, 0.25) is 0 Å². The third-order valence-corrected chi connectivity index (χ3v) is 4.58. The van der Waals surface area contributed by atoms with E-state index in [4.69, 9.17) is 10.4 Å². The second kappa shape index (κ2) is 5.03. The van der Waals surface area contributed by atoms with Crippen molar-refractivity contribution < 1.29 is 18.1 Å². The van der Waals surface area contributed by atoms with Gasteiger partial charge < -0.3 is 15.4 Å². The molecule has 3 rings (SSSR count). The number of pyridine rings is 1. The molecule has 0 bridgehead atoms. The Morgan fingerprint density at radius 1 is 1.38 bits per heavy atom. The van der Waals surface area contributed by atoms with E-state index in [9.17, 15) is 13.4 Å². The number of anilines is 2. The molecule has 0 unspecified atom stereocenters. The zero-order chi connectivity index (χ0) is 15.0. The second-order valence-electron chi connectivity index (χ2n) is 4.57. The van der Waals surface area contributed by atoms with Crippen LogP contribution in [0.1, 0.15) is 5.56 Å². The third-order valence-electron chi connectivity index (χ3n) is 3.15. The number of nitrogens with one attached hydrogen (secondary N) is 1. The highest BCUT2D eigenvalue weighted by molar-refractivity contribution is 7.92. The maximum absolute atomic E-state index is 12.3. The van der Waals surface area contributed by atoms with E-state index < -0.39 is 17.1 Å². The van der Waals surface area contributed by atoms with Gasteiger partial charge in [-0.15, -0.1) is 0 Å². The highest BCUT2D eigenvalue weighted by Crippen LogP contribution is 2.20. The molecule has 1 aliphatic heterocycles. The lowest BCUT2D eigenvalue weighted by atomic mass is 9.79. The molecule has 0 fully saturated rings. The van der Waals surface area contributed by atoms with Crippen LogP contribution in [0.25, 0.3) is 0 Å². The van der Waals surface area contributed by atoms with Gasteiger partial charge >= 0.3 is 7.12 Å². The van der Waals surface area contributed by atoms with Crippen molar-refractivity contribution in [3.8, 4) is 0 Å². The van der Waals surface area contributed by atoms with E-state index in [0.29, 0.717) is 17.8 Å². The molecule has 0 radical (unpaired) electrons. The molecule has 0 amide bonds. The van der Waals surface area contributed by atoms with E-state index in [0.717, 1.165) is 5.56 Å². The fraction of sp³-hybridized carbons (Fsp3) is 0.0833. The molecule has 0 spiro atoms. The fourth-order valence-corrected chi connectivity index (χ4v) is 3.25. The molecule has 0 aliphatic carbocycles. The topological polar surface area (TPSA) is 115 Å². The van der Waals surface area contributed by atoms with Crippen LogP contribution in [-0.4, -0.2) is 25.5 Å². The van der Waals surface area contributed by atoms with Crippen LogP contribution in [0.3, 0.4) is 0 Å². The van der Waals surface area contributed by atoms with Crippen molar-refractivity contribution in [1.29, 1.82) is 0 Å². The summed E-state index contributed by atoms with van der Waals surface area (Å²) in [6.07, 6.45) is 1.41. The second-order valence-corrected chi connectivity index (χ2v) is 6.22. The van der Waals surface area contributed by atoms with Crippen molar-refractivity contribution in [3.05, 3.63) is 42.1 Å². The molecule has 0 atom stereocenters. The maximum atomic E-state index is 12.3. The number of nitrogen functional groups attached to an aromatic ring is 1. The van der Waals surface area contributed by atoms with Crippen LogP contribution >= 0.6 is 0 Å². The van der Waals surface area contributed by atoms with Gasteiger partial charge in [-0.2, -0.15) is 0 Å². The average Bonchev–Trinajstić information content (AvgIpc) is 2.80. The monoisotopic (exact) mass is 305 g/mol. The van der Waals surface area contributed by atoms with E-state index in [1.165, 1.54) is 24.4 Å². The van der Waals surface area contributed by atoms with Gasteiger partial charge in [-0.3, -0.25) is 4.72 Å². The van der Waals surface area contributed by atoms with Crippen molar-refractivity contribution in [2.45, 2.75) is 11.5 Å². The fourth-order valence-electron chi connectivity index (χ4n) is 2.12. The Morgan fingerprint density at radius 2 is 2.19 bits per heavy atom. The average molecular weight is 305 g/mol. The van der Waals surface area contributed by atoms with Gasteiger partial charge in [0.1, 0.15) is 10.7 Å². The molecule has 7 nitrogen and oxygen atoms in total. The van der Waals surface area contributed by atoms with E-state index in [1.54, 1.807) is 12.1 Å². The minimum Gasteiger partial charge on any atom is -0.423 e. The summed E-state index contributed by atoms with van der Waals surface area (Å²) >= 11 is 0. The van der Waals surface area contributed by atoms with Crippen LogP contribution in [0, 0.1) is 0 Å². The summed E-state index contributed by atoms with van der Waals surface area (Å²) in [5.74, 6) is -0.0745. The number of nitrogens with two attached hydrogens (primary N) is 1. The van der Waals surface area contributed by atoms with Gasteiger partial charge in [0.15, 0.2) is 0 Å². The smallest absolute Gasteiger partial charge is 0.423 e. The number of aromatic nitrogens is 1. The van der Waals surface area contributed by atoms with Crippen LogP contribution in [0.15, 0.2) is 41.4 Å².